The standard InChI is InChI=1S/C14H25N3O3/c1-3-5-7-17(8-6-4-2)9-10-20-12-11-15-14(19)16-13(12)18/h11H,3-10H2,1-2H3,(H2,15,16,18,19). The molecule has 0 aliphatic carbocycles. The van der Waals surface area contributed by atoms with E-state index in [-0.39, 0.29) is 5.75 Å². The molecule has 0 aliphatic rings. The van der Waals surface area contributed by atoms with Gasteiger partial charge < -0.3 is 9.72 Å². The molecule has 1 aromatic rings. The number of hydrogen-bond donors (Lipinski definition) is 2. The van der Waals surface area contributed by atoms with Gasteiger partial charge in [-0.2, -0.15) is 0 Å². The van der Waals surface area contributed by atoms with Crippen molar-refractivity contribution in [2.75, 3.05) is 26.2 Å². The summed E-state index contributed by atoms with van der Waals surface area (Å²) in [4.78, 5) is 29.2. The van der Waals surface area contributed by atoms with Crippen molar-refractivity contribution in [3.05, 3.63) is 27.0 Å². The number of aromatic nitrogens is 2. The highest BCUT2D eigenvalue weighted by Gasteiger charge is 2.06. The third kappa shape index (κ3) is 6.06. The fraction of sp³-hybridized carbons (Fsp3) is 0.714. The number of H-pyrrole nitrogens is 2. The number of nitrogens with zero attached hydrogens (tertiary/aromatic N) is 1. The molecule has 0 radical (unpaired) electrons. The highest BCUT2D eigenvalue weighted by atomic mass is 16.5. The minimum absolute atomic E-state index is 0.163. The summed E-state index contributed by atoms with van der Waals surface area (Å²) in [6.07, 6.45) is 5.99. The van der Waals surface area contributed by atoms with Crippen molar-refractivity contribution >= 4 is 0 Å². The Labute approximate surface area is 119 Å². The Balaban J connectivity index is 2.42. The lowest BCUT2D eigenvalue weighted by Gasteiger charge is -2.21. The third-order valence-corrected chi connectivity index (χ3v) is 3.11. The van der Waals surface area contributed by atoms with Crippen LogP contribution >= 0.6 is 0 Å². The smallest absolute Gasteiger partial charge is 0.325 e. The van der Waals surface area contributed by atoms with Crippen molar-refractivity contribution < 1.29 is 4.74 Å². The fourth-order valence-electron chi connectivity index (χ4n) is 1.89. The van der Waals surface area contributed by atoms with Crippen LogP contribution in [0.4, 0.5) is 0 Å². The van der Waals surface area contributed by atoms with E-state index >= 15 is 0 Å². The molecule has 0 saturated carbocycles. The first kappa shape index (κ1) is 16.5. The van der Waals surface area contributed by atoms with E-state index in [0.29, 0.717) is 6.61 Å². The monoisotopic (exact) mass is 283 g/mol. The van der Waals surface area contributed by atoms with Gasteiger partial charge in [0.1, 0.15) is 6.61 Å². The molecule has 0 bridgehead atoms. The van der Waals surface area contributed by atoms with E-state index in [0.717, 1.165) is 19.6 Å². The van der Waals surface area contributed by atoms with Crippen LogP contribution in [-0.4, -0.2) is 41.1 Å². The van der Waals surface area contributed by atoms with Crippen LogP contribution in [0.25, 0.3) is 0 Å². The van der Waals surface area contributed by atoms with Crippen molar-refractivity contribution in [2.24, 2.45) is 0 Å². The van der Waals surface area contributed by atoms with Gasteiger partial charge in [0.25, 0.3) is 5.56 Å². The lowest BCUT2D eigenvalue weighted by Crippen LogP contribution is -2.31. The molecule has 0 saturated heterocycles. The average Bonchev–Trinajstić information content (AvgIpc) is 2.43. The summed E-state index contributed by atoms with van der Waals surface area (Å²) in [5, 5.41) is 0. The maximum absolute atomic E-state index is 11.4. The van der Waals surface area contributed by atoms with Gasteiger partial charge in [-0.3, -0.25) is 14.7 Å². The Morgan fingerprint density at radius 2 is 1.75 bits per heavy atom. The zero-order valence-corrected chi connectivity index (χ0v) is 12.4. The van der Waals surface area contributed by atoms with Gasteiger partial charge in [0.05, 0.1) is 6.20 Å². The summed E-state index contributed by atoms with van der Waals surface area (Å²) in [7, 11) is 0. The number of rotatable bonds is 10. The van der Waals surface area contributed by atoms with E-state index in [1.54, 1.807) is 0 Å². The van der Waals surface area contributed by atoms with E-state index in [2.05, 4.69) is 28.7 Å². The first-order chi connectivity index (χ1) is 9.67. The Bertz CT molecular complexity index is 473. The van der Waals surface area contributed by atoms with Crippen LogP contribution in [0.5, 0.6) is 5.75 Å². The lowest BCUT2D eigenvalue weighted by molar-refractivity contribution is 0.202. The van der Waals surface area contributed by atoms with Gasteiger partial charge in [-0.25, -0.2) is 4.79 Å². The largest absolute Gasteiger partial charge is 0.485 e. The molecule has 6 nitrogen and oxygen atoms in total. The van der Waals surface area contributed by atoms with Gasteiger partial charge in [0.2, 0.25) is 5.75 Å². The summed E-state index contributed by atoms with van der Waals surface area (Å²) in [6.45, 7) is 7.70. The molecular weight excluding hydrogens is 258 g/mol. The third-order valence-electron chi connectivity index (χ3n) is 3.11. The molecule has 0 aromatic carbocycles. The number of unbranched alkanes of at least 4 members (excludes halogenated alkanes) is 2. The molecule has 0 aliphatic heterocycles. The van der Waals surface area contributed by atoms with Gasteiger partial charge in [0, 0.05) is 6.54 Å². The van der Waals surface area contributed by atoms with E-state index in [1.807, 2.05) is 0 Å². The highest BCUT2D eigenvalue weighted by Crippen LogP contribution is 2.01. The first-order valence-corrected chi connectivity index (χ1v) is 7.34. The van der Waals surface area contributed by atoms with Crippen molar-refractivity contribution in [3.63, 3.8) is 0 Å². The summed E-state index contributed by atoms with van der Waals surface area (Å²) >= 11 is 0. The molecule has 1 heterocycles. The minimum Gasteiger partial charge on any atom is -0.485 e. The molecule has 0 amide bonds. The van der Waals surface area contributed by atoms with Gasteiger partial charge in [-0.05, 0) is 25.9 Å². The van der Waals surface area contributed by atoms with Gasteiger partial charge >= 0.3 is 5.69 Å². The van der Waals surface area contributed by atoms with Crippen molar-refractivity contribution in [1.82, 2.24) is 14.9 Å². The SMILES string of the molecule is CCCCN(CCCC)CCOc1c[nH]c(=O)[nH]c1=O. The topological polar surface area (TPSA) is 78.2 Å². The molecule has 0 spiro atoms. The summed E-state index contributed by atoms with van der Waals surface area (Å²) < 4.78 is 5.43. The minimum atomic E-state index is -0.519. The average molecular weight is 283 g/mol. The fourth-order valence-corrected chi connectivity index (χ4v) is 1.89. The molecule has 0 unspecified atom stereocenters. The number of hydrogen-bond acceptors (Lipinski definition) is 4. The zero-order chi connectivity index (χ0) is 14.8. The molecule has 1 rings (SSSR count). The summed E-state index contributed by atoms with van der Waals surface area (Å²) in [6, 6.07) is 0. The van der Waals surface area contributed by atoms with Crippen LogP contribution in [-0.2, 0) is 0 Å². The first-order valence-electron chi connectivity index (χ1n) is 7.34. The van der Waals surface area contributed by atoms with Crippen LogP contribution in [0, 0.1) is 0 Å². The van der Waals surface area contributed by atoms with Crippen molar-refractivity contribution in [3.8, 4) is 5.75 Å². The van der Waals surface area contributed by atoms with Crippen molar-refractivity contribution in [1.29, 1.82) is 0 Å². The predicted octanol–water partition coefficient (Wildman–Crippen LogP) is 1.34. The Morgan fingerprint density at radius 1 is 1.10 bits per heavy atom. The molecular formula is C14H25N3O3. The second-order valence-corrected chi connectivity index (χ2v) is 4.83. The van der Waals surface area contributed by atoms with Crippen LogP contribution in [0.15, 0.2) is 15.8 Å². The molecule has 0 fully saturated rings. The van der Waals surface area contributed by atoms with Crippen molar-refractivity contribution in [2.45, 2.75) is 39.5 Å². The highest BCUT2D eigenvalue weighted by molar-refractivity contribution is 5.10. The molecule has 114 valence electrons. The van der Waals surface area contributed by atoms with E-state index in [1.165, 1.54) is 31.9 Å². The van der Waals surface area contributed by atoms with Crippen LogP contribution in [0.3, 0.4) is 0 Å². The van der Waals surface area contributed by atoms with E-state index < -0.39 is 11.2 Å². The Kier molecular flexibility index (Phi) is 7.72. The molecule has 6 heteroatoms. The number of aromatic amines is 2. The zero-order valence-electron chi connectivity index (χ0n) is 12.4. The lowest BCUT2D eigenvalue weighted by atomic mass is 10.2. The second kappa shape index (κ2) is 9.36. The maximum atomic E-state index is 11.4. The number of nitrogens with one attached hydrogen (secondary N) is 2. The van der Waals surface area contributed by atoms with Gasteiger partial charge in [0.15, 0.2) is 0 Å². The van der Waals surface area contributed by atoms with Gasteiger partial charge in [-0.1, -0.05) is 26.7 Å². The summed E-state index contributed by atoms with van der Waals surface area (Å²) in [5.74, 6) is 0.163. The second-order valence-electron chi connectivity index (χ2n) is 4.83. The van der Waals surface area contributed by atoms with E-state index in [4.69, 9.17) is 4.74 Å². The Hall–Kier alpha value is -1.56. The van der Waals surface area contributed by atoms with Crippen LogP contribution in [0.1, 0.15) is 39.5 Å². The molecule has 1 aromatic heterocycles. The van der Waals surface area contributed by atoms with Crippen LogP contribution < -0.4 is 16.0 Å². The normalized spacial score (nSPS) is 10.9. The number of ether oxygens (including phenoxy) is 1. The quantitative estimate of drug-likeness (QED) is 0.679. The summed E-state index contributed by atoms with van der Waals surface area (Å²) in [5.41, 5.74) is -1.00. The van der Waals surface area contributed by atoms with Crippen LogP contribution in [0.2, 0.25) is 0 Å². The van der Waals surface area contributed by atoms with E-state index in [9.17, 15) is 9.59 Å². The van der Waals surface area contributed by atoms with Gasteiger partial charge in [-0.15, -0.1) is 0 Å². The molecule has 2 N–H and O–H groups in total. The molecule has 0 atom stereocenters. The molecule has 20 heavy (non-hydrogen) atoms. The predicted molar refractivity (Wildman–Crippen MR) is 79.4 cm³/mol. The maximum Gasteiger partial charge on any atom is 0.325 e. The Morgan fingerprint density at radius 3 is 2.30 bits per heavy atom.